The Morgan fingerprint density at radius 3 is 2.32 bits per heavy atom. The highest BCUT2D eigenvalue weighted by Crippen LogP contribution is 2.34. The second-order valence-electron chi connectivity index (χ2n) is 9.72. The Kier molecular flexibility index (Phi) is 7.08. The van der Waals surface area contributed by atoms with Crippen LogP contribution in [0, 0.1) is 5.92 Å². The fourth-order valence-corrected chi connectivity index (χ4v) is 4.39. The predicted octanol–water partition coefficient (Wildman–Crippen LogP) is 0.814. The van der Waals surface area contributed by atoms with Crippen LogP contribution in [-0.4, -0.2) is 84.1 Å². The number of imide groups is 1. The Labute approximate surface area is 183 Å². The first kappa shape index (κ1) is 23.3. The number of nitrogens with zero attached hydrogens (tertiary/aromatic N) is 2. The molecule has 0 atom stereocenters. The van der Waals surface area contributed by atoms with Crippen LogP contribution < -0.4 is 16.0 Å². The minimum Gasteiger partial charge on any atom is -0.444 e. The molecule has 3 rings (SSSR count). The number of hydrogen-bond acceptors (Lipinski definition) is 6. The van der Waals surface area contributed by atoms with E-state index in [1.807, 2.05) is 20.8 Å². The summed E-state index contributed by atoms with van der Waals surface area (Å²) in [6.45, 7) is 9.95. The summed E-state index contributed by atoms with van der Waals surface area (Å²) in [6, 6.07) is -0.445. The van der Waals surface area contributed by atoms with Crippen molar-refractivity contribution in [3.05, 3.63) is 0 Å². The average Bonchev–Trinajstić information content (AvgIpc) is 2.97. The lowest BCUT2D eigenvalue weighted by Gasteiger charge is -2.35. The molecule has 3 fully saturated rings. The number of amides is 5. The maximum Gasteiger partial charge on any atom is 0.410 e. The third kappa shape index (κ3) is 6.09. The van der Waals surface area contributed by atoms with E-state index >= 15 is 0 Å². The van der Waals surface area contributed by atoms with Gasteiger partial charge in [-0.2, -0.15) is 0 Å². The third-order valence-electron chi connectivity index (χ3n) is 6.20. The molecule has 1 saturated carbocycles. The zero-order chi connectivity index (χ0) is 22.6. The average molecular weight is 438 g/mol. The molecule has 0 aromatic rings. The summed E-state index contributed by atoms with van der Waals surface area (Å²) >= 11 is 0. The van der Waals surface area contributed by atoms with E-state index in [0.29, 0.717) is 45.3 Å². The SMILES string of the molecule is CC(C)(C)OC(=O)N1CCN(CCCNC(=O)C2CCC3(CC2)NC(=O)NC3=O)CC1. The molecule has 1 aliphatic carbocycles. The van der Waals surface area contributed by atoms with Crippen LogP contribution in [0.2, 0.25) is 0 Å². The molecule has 1 spiro atoms. The molecule has 2 heterocycles. The molecule has 10 heteroatoms. The van der Waals surface area contributed by atoms with Crippen LogP contribution in [0.1, 0.15) is 52.9 Å². The van der Waals surface area contributed by atoms with Crippen molar-refractivity contribution in [1.82, 2.24) is 25.8 Å². The lowest BCUT2D eigenvalue weighted by atomic mass is 9.76. The standard InChI is InChI=1S/C21H35N5O5/c1-20(2,3)31-19(30)26-13-11-25(12-14-26)10-4-9-22-16(27)15-5-7-21(8-6-15)17(28)23-18(29)24-21/h15H,4-14H2,1-3H3,(H,22,27)(H2,23,24,28,29). The van der Waals surface area contributed by atoms with Gasteiger partial charge in [-0.25, -0.2) is 9.59 Å². The molecule has 0 bridgehead atoms. The Morgan fingerprint density at radius 1 is 1.13 bits per heavy atom. The summed E-state index contributed by atoms with van der Waals surface area (Å²) < 4.78 is 5.41. The lowest BCUT2D eigenvalue weighted by Crippen LogP contribution is -2.51. The fourth-order valence-electron chi connectivity index (χ4n) is 4.39. The van der Waals surface area contributed by atoms with E-state index in [1.54, 1.807) is 4.90 Å². The van der Waals surface area contributed by atoms with E-state index in [-0.39, 0.29) is 23.8 Å². The van der Waals surface area contributed by atoms with Crippen molar-refractivity contribution in [3.8, 4) is 0 Å². The molecule has 0 aromatic heterocycles. The Bertz CT molecular complexity index is 703. The van der Waals surface area contributed by atoms with Crippen LogP contribution >= 0.6 is 0 Å². The van der Waals surface area contributed by atoms with E-state index in [4.69, 9.17) is 4.74 Å². The first-order chi connectivity index (χ1) is 14.6. The molecule has 0 unspecified atom stereocenters. The van der Waals surface area contributed by atoms with Gasteiger partial charge in [-0.05, 0) is 59.4 Å². The van der Waals surface area contributed by atoms with Gasteiger partial charge in [0.15, 0.2) is 0 Å². The lowest BCUT2D eigenvalue weighted by molar-refractivity contribution is -0.130. The van der Waals surface area contributed by atoms with Crippen molar-refractivity contribution in [2.75, 3.05) is 39.3 Å². The number of rotatable bonds is 5. The van der Waals surface area contributed by atoms with Crippen LogP contribution in [0.4, 0.5) is 9.59 Å². The van der Waals surface area contributed by atoms with Gasteiger partial charge < -0.3 is 20.3 Å². The zero-order valence-electron chi connectivity index (χ0n) is 18.8. The van der Waals surface area contributed by atoms with Gasteiger partial charge in [0.1, 0.15) is 11.1 Å². The zero-order valence-corrected chi connectivity index (χ0v) is 18.8. The minimum absolute atomic E-state index is 0.0225. The highest BCUT2D eigenvalue weighted by molar-refractivity contribution is 6.07. The van der Waals surface area contributed by atoms with Gasteiger partial charge in [-0.3, -0.25) is 19.8 Å². The number of urea groups is 1. The Morgan fingerprint density at radius 2 is 1.77 bits per heavy atom. The summed E-state index contributed by atoms with van der Waals surface area (Å²) in [5.74, 6) is -0.370. The highest BCUT2D eigenvalue weighted by atomic mass is 16.6. The summed E-state index contributed by atoms with van der Waals surface area (Å²) in [4.78, 5) is 52.0. The molecule has 10 nitrogen and oxygen atoms in total. The molecule has 2 saturated heterocycles. The van der Waals surface area contributed by atoms with Crippen molar-refractivity contribution in [3.63, 3.8) is 0 Å². The summed E-state index contributed by atoms with van der Waals surface area (Å²) in [5.41, 5.74) is -1.31. The van der Waals surface area contributed by atoms with Gasteiger partial charge >= 0.3 is 12.1 Å². The highest BCUT2D eigenvalue weighted by Gasteiger charge is 2.48. The second-order valence-corrected chi connectivity index (χ2v) is 9.72. The monoisotopic (exact) mass is 437 g/mol. The maximum absolute atomic E-state index is 12.5. The molecular formula is C21H35N5O5. The summed E-state index contributed by atoms with van der Waals surface area (Å²) in [6.07, 6.45) is 2.74. The number of ether oxygens (including phenoxy) is 1. The summed E-state index contributed by atoms with van der Waals surface area (Å²) in [7, 11) is 0. The van der Waals surface area contributed by atoms with Gasteiger partial charge in [-0.1, -0.05) is 0 Å². The molecular weight excluding hydrogens is 402 g/mol. The molecule has 3 aliphatic rings. The van der Waals surface area contributed by atoms with E-state index in [2.05, 4.69) is 20.9 Å². The largest absolute Gasteiger partial charge is 0.444 e. The molecule has 5 amide bonds. The van der Waals surface area contributed by atoms with Crippen LogP contribution in [0.3, 0.4) is 0 Å². The smallest absolute Gasteiger partial charge is 0.410 e. The molecule has 0 radical (unpaired) electrons. The Hall–Kier alpha value is -2.36. The van der Waals surface area contributed by atoms with Gasteiger partial charge in [-0.15, -0.1) is 0 Å². The van der Waals surface area contributed by atoms with E-state index in [0.717, 1.165) is 26.1 Å². The molecule has 2 aliphatic heterocycles. The number of carbonyl (C=O) groups is 4. The van der Waals surface area contributed by atoms with Crippen molar-refractivity contribution in [2.45, 2.75) is 64.0 Å². The predicted molar refractivity (Wildman–Crippen MR) is 113 cm³/mol. The quantitative estimate of drug-likeness (QED) is 0.433. The molecule has 0 aromatic carbocycles. The first-order valence-electron chi connectivity index (χ1n) is 11.2. The van der Waals surface area contributed by atoms with Crippen LogP contribution in [0.25, 0.3) is 0 Å². The van der Waals surface area contributed by atoms with Crippen molar-refractivity contribution in [1.29, 1.82) is 0 Å². The number of hydrogen-bond donors (Lipinski definition) is 3. The van der Waals surface area contributed by atoms with Gasteiger partial charge in [0.05, 0.1) is 0 Å². The van der Waals surface area contributed by atoms with Gasteiger partial charge in [0.2, 0.25) is 5.91 Å². The Balaban J connectivity index is 1.29. The van der Waals surface area contributed by atoms with Crippen LogP contribution in [0.15, 0.2) is 0 Å². The number of carbonyl (C=O) groups excluding carboxylic acids is 4. The normalized spacial score (nSPS) is 27.1. The fraction of sp³-hybridized carbons (Fsp3) is 0.810. The number of nitrogens with one attached hydrogen (secondary N) is 3. The van der Waals surface area contributed by atoms with E-state index < -0.39 is 17.2 Å². The second kappa shape index (κ2) is 9.42. The van der Waals surface area contributed by atoms with Gasteiger partial charge in [0, 0.05) is 38.6 Å². The van der Waals surface area contributed by atoms with E-state index in [1.165, 1.54) is 0 Å². The number of piperazine rings is 1. The van der Waals surface area contributed by atoms with Gasteiger partial charge in [0.25, 0.3) is 5.91 Å². The molecule has 31 heavy (non-hydrogen) atoms. The van der Waals surface area contributed by atoms with Crippen LogP contribution in [-0.2, 0) is 14.3 Å². The van der Waals surface area contributed by atoms with Crippen LogP contribution in [0.5, 0.6) is 0 Å². The molecule has 174 valence electrons. The van der Waals surface area contributed by atoms with Crippen molar-refractivity contribution >= 4 is 23.9 Å². The first-order valence-corrected chi connectivity index (χ1v) is 11.2. The van der Waals surface area contributed by atoms with Crippen molar-refractivity contribution < 1.29 is 23.9 Å². The topological polar surface area (TPSA) is 120 Å². The maximum atomic E-state index is 12.5. The third-order valence-corrected chi connectivity index (χ3v) is 6.20. The van der Waals surface area contributed by atoms with E-state index in [9.17, 15) is 19.2 Å². The van der Waals surface area contributed by atoms with Crippen molar-refractivity contribution in [2.24, 2.45) is 5.92 Å². The molecule has 3 N–H and O–H groups in total. The minimum atomic E-state index is -0.824. The summed E-state index contributed by atoms with van der Waals surface area (Å²) in [5, 5.41) is 8.01.